The van der Waals surface area contributed by atoms with Crippen molar-refractivity contribution < 1.29 is 14.3 Å². The molecule has 0 radical (unpaired) electrons. The van der Waals surface area contributed by atoms with Crippen molar-refractivity contribution in [2.24, 2.45) is 0 Å². The molecule has 7 nitrogen and oxygen atoms in total. The second kappa shape index (κ2) is 8.24. The first-order valence-corrected chi connectivity index (χ1v) is 9.37. The zero-order valence-corrected chi connectivity index (χ0v) is 15.2. The largest absolute Gasteiger partial charge is 0.486 e. The van der Waals surface area contributed by atoms with Gasteiger partial charge in [-0.2, -0.15) is 0 Å². The first-order chi connectivity index (χ1) is 12.2. The zero-order valence-electron chi connectivity index (χ0n) is 14.4. The van der Waals surface area contributed by atoms with Gasteiger partial charge in [0.2, 0.25) is 11.1 Å². The van der Waals surface area contributed by atoms with E-state index in [1.165, 1.54) is 11.8 Å². The highest BCUT2D eigenvalue weighted by atomic mass is 32.2. The molecule has 134 valence electrons. The summed E-state index contributed by atoms with van der Waals surface area (Å²) in [5.74, 6) is 2.54. The SMILES string of the molecule is CCCc1nc(SCC(=O)N[C@@H](C)c2ccc3c(c2)OCCO3)n[nH]1. The number of nitrogens with one attached hydrogen (secondary N) is 2. The third kappa shape index (κ3) is 4.66. The van der Waals surface area contributed by atoms with Crippen LogP contribution in [0.3, 0.4) is 0 Å². The molecule has 0 saturated carbocycles. The van der Waals surface area contributed by atoms with Crippen molar-refractivity contribution in [2.75, 3.05) is 19.0 Å². The molecule has 1 aromatic heterocycles. The minimum Gasteiger partial charge on any atom is -0.486 e. The van der Waals surface area contributed by atoms with Gasteiger partial charge in [0.1, 0.15) is 19.0 Å². The molecule has 3 rings (SSSR count). The van der Waals surface area contributed by atoms with E-state index in [0.717, 1.165) is 35.7 Å². The summed E-state index contributed by atoms with van der Waals surface area (Å²) in [5, 5.41) is 10.6. The number of H-pyrrole nitrogens is 1. The Balaban J connectivity index is 1.51. The lowest BCUT2D eigenvalue weighted by atomic mass is 10.1. The number of benzene rings is 1. The van der Waals surface area contributed by atoms with Crippen molar-refractivity contribution in [1.29, 1.82) is 0 Å². The maximum atomic E-state index is 12.2. The third-order valence-corrected chi connectivity index (χ3v) is 4.62. The number of ether oxygens (including phenoxy) is 2. The molecular formula is C17H22N4O3S. The number of aromatic nitrogens is 3. The molecule has 2 heterocycles. The minimum atomic E-state index is -0.119. The van der Waals surface area contributed by atoms with Gasteiger partial charge in [0, 0.05) is 6.42 Å². The van der Waals surface area contributed by atoms with Gasteiger partial charge in [0.05, 0.1) is 11.8 Å². The second-order valence-electron chi connectivity index (χ2n) is 5.80. The van der Waals surface area contributed by atoms with Gasteiger partial charge in [-0.05, 0) is 31.0 Å². The molecule has 1 aliphatic heterocycles. The van der Waals surface area contributed by atoms with Crippen molar-refractivity contribution in [3.63, 3.8) is 0 Å². The highest BCUT2D eigenvalue weighted by Gasteiger charge is 2.16. The van der Waals surface area contributed by atoms with Crippen LogP contribution in [0.15, 0.2) is 23.4 Å². The van der Waals surface area contributed by atoms with Crippen molar-refractivity contribution in [2.45, 2.75) is 37.9 Å². The highest BCUT2D eigenvalue weighted by molar-refractivity contribution is 7.99. The number of thioether (sulfide) groups is 1. The first-order valence-electron chi connectivity index (χ1n) is 8.38. The Labute approximate surface area is 150 Å². The molecule has 0 bridgehead atoms. The Morgan fingerprint density at radius 1 is 1.36 bits per heavy atom. The van der Waals surface area contributed by atoms with Crippen LogP contribution < -0.4 is 14.8 Å². The summed E-state index contributed by atoms with van der Waals surface area (Å²) >= 11 is 1.33. The Morgan fingerprint density at radius 2 is 2.16 bits per heavy atom. The summed E-state index contributed by atoms with van der Waals surface area (Å²) in [6.45, 7) is 5.14. The number of rotatable bonds is 7. The first kappa shape index (κ1) is 17.6. The molecule has 0 fully saturated rings. The minimum absolute atomic E-state index is 0.0609. The van der Waals surface area contributed by atoms with Gasteiger partial charge in [-0.25, -0.2) is 4.98 Å². The van der Waals surface area contributed by atoms with Crippen LogP contribution in [-0.2, 0) is 11.2 Å². The fourth-order valence-corrected chi connectivity index (χ4v) is 3.15. The van der Waals surface area contributed by atoms with E-state index in [1.54, 1.807) is 0 Å². The Kier molecular flexibility index (Phi) is 5.80. The fourth-order valence-electron chi connectivity index (χ4n) is 2.52. The van der Waals surface area contributed by atoms with Gasteiger partial charge >= 0.3 is 0 Å². The van der Waals surface area contributed by atoms with E-state index < -0.39 is 0 Å². The smallest absolute Gasteiger partial charge is 0.230 e. The topological polar surface area (TPSA) is 89.1 Å². The number of aryl methyl sites for hydroxylation is 1. The summed E-state index contributed by atoms with van der Waals surface area (Å²) in [6, 6.07) is 5.62. The van der Waals surface area contributed by atoms with Crippen molar-refractivity contribution in [3.8, 4) is 11.5 Å². The predicted octanol–water partition coefficient (Wildman–Crippen LogP) is 2.50. The van der Waals surface area contributed by atoms with Gasteiger partial charge in [0.15, 0.2) is 11.5 Å². The average Bonchev–Trinajstić information content (AvgIpc) is 3.07. The lowest BCUT2D eigenvalue weighted by molar-refractivity contribution is -0.119. The molecule has 0 unspecified atom stereocenters. The van der Waals surface area contributed by atoms with Crippen molar-refractivity contribution >= 4 is 17.7 Å². The summed E-state index contributed by atoms with van der Waals surface area (Å²) < 4.78 is 11.1. The van der Waals surface area contributed by atoms with Crippen LogP contribution in [0.5, 0.6) is 11.5 Å². The summed E-state index contributed by atoms with van der Waals surface area (Å²) in [6.07, 6.45) is 1.87. The maximum absolute atomic E-state index is 12.2. The Bertz CT molecular complexity index is 734. The van der Waals surface area contributed by atoms with E-state index >= 15 is 0 Å². The van der Waals surface area contributed by atoms with E-state index in [2.05, 4.69) is 27.4 Å². The fraction of sp³-hybridized carbons (Fsp3) is 0.471. The molecule has 1 amide bonds. The number of amides is 1. The van der Waals surface area contributed by atoms with Crippen LogP contribution in [0.2, 0.25) is 0 Å². The number of carbonyl (C=O) groups excluding carboxylic acids is 1. The van der Waals surface area contributed by atoms with E-state index in [4.69, 9.17) is 9.47 Å². The standard InChI is InChI=1S/C17H22N4O3S/c1-3-4-15-19-17(21-20-15)25-10-16(22)18-11(2)12-5-6-13-14(9-12)24-8-7-23-13/h5-6,9,11H,3-4,7-8,10H2,1-2H3,(H,18,22)(H,19,20,21)/t11-/m0/s1. The summed E-state index contributed by atoms with van der Waals surface area (Å²) in [4.78, 5) is 16.5. The maximum Gasteiger partial charge on any atom is 0.230 e. The average molecular weight is 362 g/mol. The van der Waals surface area contributed by atoms with Crippen molar-refractivity contribution in [1.82, 2.24) is 20.5 Å². The van der Waals surface area contributed by atoms with Crippen molar-refractivity contribution in [3.05, 3.63) is 29.6 Å². The highest BCUT2D eigenvalue weighted by Crippen LogP contribution is 2.32. The monoisotopic (exact) mass is 362 g/mol. The van der Waals surface area contributed by atoms with E-state index in [-0.39, 0.29) is 17.7 Å². The number of hydrogen-bond acceptors (Lipinski definition) is 6. The number of aromatic amines is 1. The molecule has 8 heteroatoms. The second-order valence-corrected chi connectivity index (χ2v) is 6.74. The molecule has 2 aromatic rings. The molecule has 0 saturated heterocycles. The predicted molar refractivity (Wildman–Crippen MR) is 95.1 cm³/mol. The van der Waals surface area contributed by atoms with Gasteiger partial charge in [-0.15, -0.1) is 5.10 Å². The molecule has 0 spiro atoms. The molecule has 1 aromatic carbocycles. The number of fused-ring (bicyclic) bond motifs is 1. The molecule has 25 heavy (non-hydrogen) atoms. The van der Waals surface area contributed by atoms with Gasteiger partial charge in [-0.3, -0.25) is 9.89 Å². The van der Waals surface area contributed by atoms with Gasteiger partial charge in [-0.1, -0.05) is 24.8 Å². The summed E-state index contributed by atoms with van der Waals surface area (Å²) in [5.41, 5.74) is 0.978. The van der Waals surface area contributed by atoms with E-state index in [9.17, 15) is 4.79 Å². The molecular weight excluding hydrogens is 340 g/mol. The van der Waals surface area contributed by atoms with Crippen LogP contribution in [-0.4, -0.2) is 40.1 Å². The summed E-state index contributed by atoms with van der Waals surface area (Å²) in [7, 11) is 0. The van der Waals surface area contributed by atoms with Gasteiger partial charge < -0.3 is 14.8 Å². The molecule has 1 atom stereocenters. The van der Waals surface area contributed by atoms with E-state index in [1.807, 2.05) is 25.1 Å². The zero-order chi connectivity index (χ0) is 17.6. The quantitative estimate of drug-likeness (QED) is 0.736. The lowest BCUT2D eigenvalue weighted by Gasteiger charge is -2.21. The van der Waals surface area contributed by atoms with Crippen LogP contribution in [0.1, 0.15) is 37.7 Å². The lowest BCUT2D eigenvalue weighted by Crippen LogP contribution is -2.28. The molecule has 0 aliphatic carbocycles. The van der Waals surface area contributed by atoms with E-state index in [0.29, 0.717) is 18.4 Å². The number of carbonyl (C=O) groups is 1. The molecule has 1 aliphatic rings. The Morgan fingerprint density at radius 3 is 2.96 bits per heavy atom. The molecule has 2 N–H and O–H groups in total. The Hall–Kier alpha value is -2.22. The van der Waals surface area contributed by atoms with Crippen LogP contribution in [0.4, 0.5) is 0 Å². The van der Waals surface area contributed by atoms with Crippen LogP contribution >= 0.6 is 11.8 Å². The number of nitrogens with zero attached hydrogens (tertiary/aromatic N) is 2. The normalized spacial score (nSPS) is 14.2. The number of hydrogen-bond donors (Lipinski definition) is 2. The van der Waals surface area contributed by atoms with Crippen LogP contribution in [0.25, 0.3) is 0 Å². The van der Waals surface area contributed by atoms with Crippen LogP contribution in [0, 0.1) is 0 Å². The van der Waals surface area contributed by atoms with Gasteiger partial charge in [0.25, 0.3) is 0 Å². The third-order valence-electron chi connectivity index (χ3n) is 3.77.